The Hall–Kier alpha value is -1.84. The number of hydrogen-bond acceptors (Lipinski definition) is 2. The molecule has 2 rings (SSSR count). The highest BCUT2D eigenvalue weighted by molar-refractivity contribution is 5.43. The number of nitrogens with one attached hydrogen (secondary N) is 1. The Morgan fingerprint density at radius 3 is 2.83 bits per heavy atom. The summed E-state index contributed by atoms with van der Waals surface area (Å²) in [5.41, 5.74) is 1.43. The second-order valence-electron chi connectivity index (χ2n) is 4.85. The van der Waals surface area contributed by atoms with Crippen LogP contribution in [0, 0.1) is 18.7 Å². The van der Waals surface area contributed by atoms with E-state index in [2.05, 4.69) is 24.1 Å². The summed E-state index contributed by atoms with van der Waals surface area (Å²) in [6.07, 6.45) is 3.43. The fourth-order valence-electron chi connectivity index (χ4n) is 1.73. The highest BCUT2D eigenvalue weighted by Gasteiger charge is 2.09. The monoisotopic (exact) mass is 247 g/mol. The minimum absolute atomic E-state index is 0.236. The van der Waals surface area contributed by atoms with Crippen LogP contribution in [0.3, 0.4) is 0 Å². The van der Waals surface area contributed by atoms with Crippen LogP contribution in [-0.4, -0.2) is 16.1 Å². The third-order valence-corrected chi connectivity index (χ3v) is 2.67. The molecule has 18 heavy (non-hydrogen) atoms. The number of hydrogen-bond donors (Lipinski definition) is 1. The highest BCUT2D eigenvalue weighted by Crippen LogP contribution is 2.19. The standard InChI is InChI=1S/C14H18FN3/c1-10(2)9-17-14-16-6-7-18(14)13-5-4-11(3)8-12(13)15/h4-8,10H,9H2,1-3H3,(H,16,17). The Balaban J connectivity index is 2.30. The summed E-state index contributed by atoms with van der Waals surface area (Å²) in [4.78, 5) is 4.21. The summed E-state index contributed by atoms with van der Waals surface area (Å²) < 4.78 is 15.6. The summed E-state index contributed by atoms with van der Waals surface area (Å²) in [5, 5.41) is 3.22. The lowest BCUT2D eigenvalue weighted by Gasteiger charge is -2.12. The number of aryl methyl sites for hydroxylation is 1. The van der Waals surface area contributed by atoms with Gasteiger partial charge in [-0.2, -0.15) is 0 Å². The summed E-state index contributed by atoms with van der Waals surface area (Å²) >= 11 is 0. The molecule has 0 fully saturated rings. The Morgan fingerprint density at radius 2 is 2.17 bits per heavy atom. The first kappa shape index (κ1) is 12.6. The van der Waals surface area contributed by atoms with E-state index in [-0.39, 0.29) is 5.82 Å². The molecule has 0 amide bonds. The van der Waals surface area contributed by atoms with E-state index in [0.29, 0.717) is 17.6 Å². The molecule has 1 aromatic heterocycles. The number of benzene rings is 1. The van der Waals surface area contributed by atoms with Gasteiger partial charge in [-0.1, -0.05) is 19.9 Å². The van der Waals surface area contributed by atoms with Gasteiger partial charge in [0.05, 0.1) is 5.69 Å². The fraction of sp³-hybridized carbons (Fsp3) is 0.357. The van der Waals surface area contributed by atoms with Crippen LogP contribution in [0.4, 0.5) is 10.3 Å². The zero-order valence-corrected chi connectivity index (χ0v) is 10.9. The normalized spacial score (nSPS) is 10.9. The summed E-state index contributed by atoms with van der Waals surface area (Å²) in [7, 11) is 0. The van der Waals surface area contributed by atoms with Crippen molar-refractivity contribution in [2.45, 2.75) is 20.8 Å². The van der Waals surface area contributed by atoms with Gasteiger partial charge in [0.15, 0.2) is 0 Å². The molecule has 0 spiro atoms. The van der Waals surface area contributed by atoms with E-state index in [0.717, 1.165) is 12.1 Å². The van der Waals surface area contributed by atoms with Crippen molar-refractivity contribution in [3.63, 3.8) is 0 Å². The second-order valence-corrected chi connectivity index (χ2v) is 4.85. The van der Waals surface area contributed by atoms with E-state index in [1.165, 1.54) is 6.07 Å². The maximum absolute atomic E-state index is 13.9. The molecule has 3 nitrogen and oxygen atoms in total. The molecule has 0 saturated carbocycles. The molecule has 0 aliphatic rings. The third kappa shape index (κ3) is 2.70. The smallest absolute Gasteiger partial charge is 0.207 e. The maximum atomic E-state index is 13.9. The van der Waals surface area contributed by atoms with Gasteiger partial charge in [0.25, 0.3) is 0 Å². The van der Waals surface area contributed by atoms with Crippen LogP contribution < -0.4 is 5.32 Å². The van der Waals surface area contributed by atoms with E-state index in [1.54, 1.807) is 23.0 Å². The molecule has 1 heterocycles. The second kappa shape index (κ2) is 5.21. The molecular formula is C14H18FN3. The number of aromatic nitrogens is 2. The molecular weight excluding hydrogens is 229 g/mol. The van der Waals surface area contributed by atoms with Gasteiger partial charge in [0.2, 0.25) is 5.95 Å². The largest absolute Gasteiger partial charge is 0.355 e. The van der Waals surface area contributed by atoms with Crippen LogP contribution in [0.15, 0.2) is 30.6 Å². The van der Waals surface area contributed by atoms with Crippen molar-refractivity contribution in [2.75, 3.05) is 11.9 Å². The van der Waals surface area contributed by atoms with Gasteiger partial charge in [-0.25, -0.2) is 9.37 Å². The number of halogens is 1. The van der Waals surface area contributed by atoms with Crippen molar-refractivity contribution in [2.24, 2.45) is 5.92 Å². The summed E-state index contributed by atoms with van der Waals surface area (Å²) in [5.74, 6) is 0.949. The highest BCUT2D eigenvalue weighted by atomic mass is 19.1. The van der Waals surface area contributed by atoms with E-state index < -0.39 is 0 Å². The average molecular weight is 247 g/mol. The van der Waals surface area contributed by atoms with Gasteiger partial charge in [0, 0.05) is 18.9 Å². The summed E-state index contributed by atoms with van der Waals surface area (Å²) in [6, 6.07) is 5.19. The molecule has 2 aromatic rings. The van der Waals surface area contributed by atoms with E-state index in [4.69, 9.17) is 0 Å². The minimum Gasteiger partial charge on any atom is -0.355 e. The molecule has 0 atom stereocenters. The van der Waals surface area contributed by atoms with Gasteiger partial charge in [-0.05, 0) is 30.5 Å². The van der Waals surface area contributed by atoms with Crippen LogP contribution in [0.25, 0.3) is 5.69 Å². The van der Waals surface area contributed by atoms with E-state index in [9.17, 15) is 4.39 Å². The van der Waals surface area contributed by atoms with Crippen LogP contribution >= 0.6 is 0 Å². The molecule has 1 aromatic carbocycles. The average Bonchev–Trinajstić information content (AvgIpc) is 2.74. The summed E-state index contributed by atoms with van der Waals surface area (Å²) in [6.45, 7) is 6.92. The number of nitrogens with zero attached hydrogens (tertiary/aromatic N) is 2. The molecule has 0 saturated heterocycles. The van der Waals surface area contributed by atoms with Crippen LogP contribution in [-0.2, 0) is 0 Å². The van der Waals surface area contributed by atoms with E-state index >= 15 is 0 Å². The molecule has 0 bridgehead atoms. The lowest BCUT2D eigenvalue weighted by Crippen LogP contribution is -2.12. The van der Waals surface area contributed by atoms with Crippen LogP contribution in [0.1, 0.15) is 19.4 Å². The van der Waals surface area contributed by atoms with Gasteiger partial charge >= 0.3 is 0 Å². The SMILES string of the molecule is Cc1ccc(-n2ccnc2NCC(C)C)c(F)c1. The predicted octanol–water partition coefficient (Wildman–Crippen LogP) is 3.39. The Kier molecular flexibility index (Phi) is 3.65. The first-order valence-corrected chi connectivity index (χ1v) is 6.11. The van der Waals surface area contributed by atoms with Gasteiger partial charge in [-0.15, -0.1) is 0 Å². The Bertz CT molecular complexity index is 532. The minimum atomic E-state index is -0.236. The van der Waals surface area contributed by atoms with Gasteiger partial charge in [-0.3, -0.25) is 4.57 Å². The molecule has 0 aliphatic carbocycles. The fourth-order valence-corrected chi connectivity index (χ4v) is 1.73. The third-order valence-electron chi connectivity index (χ3n) is 2.67. The molecule has 1 N–H and O–H groups in total. The van der Waals surface area contributed by atoms with Crippen molar-refractivity contribution in [3.05, 3.63) is 42.0 Å². The van der Waals surface area contributed by atoms with Gasteiger partial charge in [0.1, 0.15) is 5.82 Å². The Morgan fingerprint density at radius 1 is 1.39 bits per heavy atom. The lowest BCUT2D eigenvalue weighted by molar-refractivity contribution is 0.616. The first-order valence-electron chi connectivity index (χ1n) is 6.11. The van der Waals surface area contributed by atoms with Crippen molar-refractivity contribution in [3.8, 4) is 5.69 Å². The van der Waals surface area contributed by atoms with E-state index in [1.807, 2.05) is 13.0 Å². The van der Waals surface area contributed by atoms with Crippen LogP contribution in [0.2, 0.25) is 0 Å². The predicted molar refractivity (Wildman–Crippen MR) is 71.6 cm³/mol. The number of anilines is 1. The van der Waals surface area contributed by atoms with Crippen molar-refractivity contribution in [1.29, 1.82) is 0 Å². The molecule has 4 heteroatoms. The number of rotatable bonds is 4. The van der Waals surface area contributed by atoms with Crippen molar-refractivity contribution >= 4 is 5.95 Å². The van der Waals surface area contributed by atoms with Crippen molar-refractivity contribution < 1.29 is 4.39 Å². The first-order chi connectivity index (χ1) is 8.58. The lowest BCUT2D eigenvalue weighted by atomic mass is 10.2. The zero-order chi connectivity index (χ0) is 13.1. The molecule has 0 unspecified atom stereocenters. The maximum Gasteiger partial charge on any atom is 0.207 e. The zero-order valence-electron chi connectivity index (χ0n) is 10.9. The number of imidazole rings is 1. The molecule has 96 valence electrons. The molecule has 0 radical (unpaired) electrons. The quantitative estimate of drug-likeness (QED) is 0.897. The molecule has 0 aliphatic heterocycles. The van der Waals surface area contributed by atoms with Crippen LogP contribution in [0.5, 0.6) is 0 Å². The van der Waals surface area contributed by atoms with Crippen molar-refractivity contribution in [1.82, 2.24) is 9.55 Å². The van der Waals surface area contributed by atoms with Gasteiger partial charge < -0.3 is 5.32 Å². The topological polar surface area (TPSA) is 29.9 Å². The Labute approximate surface area is 107 Å².